The van der Waals surface area contributed by atoms with E-state index >= 15 is 0 Å². The number of benzene rings is 3. The highest BCUT2D eigenvalue weighted by molar-refractivity contribution is 6.25. The van der Waals surface area contributed by atoms with Crippen LogP contribution in [-0.2, 0) is 22.4 Å². The molecule has 1 unspecified atom stereocenters. The van der Waals surface area contributed by atoms with E-state index in [2.05, 4.69) is 24.3 Å². The highest BCUT2D eigenvalue weighted by atomic mass is 16.3. The molecule has 4 N–H and O–H groups in total. The molecule has 0 radical (unpaired) electrons. The largest absolute Gasteiger partial charge is 0.511 e. The number of fused-ring (bicyclic) bond motifs is 4. The van der Waals surface area contributed by atoms with E-state index in [0.717, 1.165) is 35.2 Å². The second-order valence-electron chi connectivity index (χ2n) is 15.6. The minimum atomic E-state index is -2.63. The van der Waals surface area contributed by atoms with Crippen LogP contribution in [-0.4, -0.2) is 43.4 Å². The van der Waals surface area contributed by atoms with Gasteiger partial charge < -0.3 is 20.4 Å². The Hall–Kier alpha value is -4.23. The normalized spacial score (nSPS) is 29.0. The molecule has 7 heteroatoms. The van der Waals surface area contributed by atoms with E-state index in [1.54, 1.807) is 6.92 Å². The van der Waals surface area contributed by atoms with Crippen molar-refractivity contribution >= 4 is 28.1 Å². The Morgan fingerprint density at radius 1 is 0.917 bits per heavy atom. The zero-order valence-corrected chi connectivity index (χ0v) is 28.3. The monoisotopic (exact) mass is 648 g/mol. The Morgan fingerprint density at radius 3 is 2.21 bits per heavy atom. The summed E-state index contributed by atoms with van der Waals surface area (Å²) in [6, 6.07) is 15.9. The van der Waals surface area contributed by atoms with Gasteiger partial charge in [-0.3, -0.25) is 14.4 Å². The van der Waals surface area contributed by atoms with Crippen molar-refractivity contribution in [2.24, 2.45) is 28.6 Å². The SMILES string of the molecule is CC(=O)C1=C(O)C(C(C)C)[C@@]2(C)C[C@@]3(C)Cc4c(-c5ccc(CC6CCCC6)c6ccccc56)ccc(O)c4C(=O)C3=C(O)[C@@]2(O)C1=O. The molecule has 0 amide bonds. The predicted molar refractivity (Wildman–Crippen MR) is 184 cm³/mol. The highest BCUT2D eigenvalue weighted by Crippen LogP contribution is 2.65. The van der Waals surface area contributed by atoms with Gasteiger partial charge in [0.1, 0.15) is 22.8 Å². The van der Waals surface area contributed by atoms with Gasteiger partial charge in [-0.25, -0.2) is 0 Å². The van der Waals surface area contributed by atoms with E-state index in [0.29, 0.717) is 11.5 Å². The number of hydrogen-bond donors (Lipinski definition) is 4. The average molecular weight is 649 g/mol. The van der Waals surface area contributed by atoms with Crippen LogP contribution in [0.2, 0.25) is 0 Å². The number of ketones is 3. The lowest BCUT2D eigenvalue weighted by Crippen LogP contribution is -2.67. The third kappa shape index (κ3) is 4.25. The zero-order chi connectivity index (χ0) is 34.5. The van der Waals surface area contributed by atoms with Crippen molar-refractivity contribution in [2.75, 3.05) is 0 Å². The number of allylic oxidation sites excluding steroid dienone is 2. The van der Waals surface area contributed by atoms with E-state index < -0.39 is 51.0 Å². The third-order valence-corrected chi connectivity index (χ3v) is 12.2. The Morgan fingerprint density at radius 2 is 1.56 bits per heavy atom. The van der Waals surface area contributed by atoms with Crippen molar-refractivity contribution in [3.8, 4) is 16.9 Å². The van der Waals surface area contributed by atoms with Crippen molar-refractivity contribution in [3.05, 3.63) is 87.9 Å². The van der Waals surface area contributed by atoms with Crippen molar-refractivity contribution < 1.29 is 34.8 Å². The first-order valence-corrected chi connectivity index (χ1v) is 17.2. The number of aromatic hydroxyl groups is 1. The average Bonchev–Trinajstić information content (AvgIpc) is 3.52. The van der Waals surface area contributed by atoms with Gasteiger partial charge in [0.15, 0.2) is 17.2 Å². The molecule has 0 bridgehead atoms. The van der Waals surface area contributed by atoms with Gasteiger partial charge in [-0.15, -0.1) is 0 Å². The van der Waals surface area contributed by atoms with Crippen LogP contribution in [0.3, 0.4) is 0 Å². The standard InChI is InChI=1S/C41H44O7/c1-21(2)33-35(44)31(22(3)42)37(46)41(48)38(47)34-36(45)32-29(19-39(34,4)20-40(33,41)5)28(16-17-30(32)43)27-15-14-24(18-23-10-6-7-11-23)25-12-8-9-13-26(25)27/h8-9,12-17,21,23,33,43-44,47-48H,6-7,10-11,18-20H2,1-5H3/t33?,39-,40-,41+/m1/s1. The fourth-order valence-electron chi connectivity index (χ4n) is 10.3. The second kappa shape index (κ2) is 10.9. The molecule has 7 nitrogen and oxygen atoms in total. The molecule has 4 aliphatic rings. The molecule has 1 saturated carbocycles. The number of carbonyl (C=O) groups is 3. The maximum atomic E-state index is 14.6. The summed E-state index contributed by atoms with van der Waals surface area (Å²) in [6.45, 7) is 8.29. The van der Waals surface area contributed by atoms with Crippen molar-refractivity contribution in [3.63, 3.8) is 0 Å². The molecule has 0 saturated heterocycles. The van der Waals surface area contributed by atoms with Gasteiger partial charge in [0, 0.05) is 22.3 Å². The minimum absolute atomic E-state index is 0.0340. The predicted octanol–water partition coefficient (Wildman–Crippen LogP) is 7.90. The first-order valence-electron chi connectivity index (χ1n) is 17.2. The highest BCUT2D eigenvalue weighted by Gasteiger charge is 2.71. The Balaban J connectivity index is 1.43. The van der Waals surface area contributed by atoms with E-state index in [1.807, 2.05) is 39.0 Å². The van der Waals surface area contributed by atoms with Gasteiger partial charge in [0.25, 0.3) is 0 Å². The van der Waals surface area contributed by atoms with E-state index in [1.165, 1.54) is 37.3 Å². The van der Waals surface area contributed by atoms with Crippen LogP contribution in [0, 0.1) is 28.6 Å². The summed E-state index contributed by atoms with van der Waals surface area (Å²) in [4.78, 5) is 41.2. The number of carbonyl (C=O) groups excluding carboxylic acids is 3. The zero-order valence-electron chi connectivity index (χ0n) is 28.3. The molecule has 1 fully saturated rings. The van der Waals surface area contributed by atoms with Crippen LogP contribution in [0.1, 0.15) is 88.2 Å². The van der Waals surface area contributed by atoms with Crippen molar-refractivity contribution in [1.82, 2.24) is 0 Å². The van der Waals surface area contributed by atoms with Gasteiger partial charge in [0.2, 0.25) is 5.78 Å². The minimum Gasteiger partial charge on any atom is -0.511 e. The quantitative estimate of drug-likeness (QED) is 0.207. The smallest absolute Gasteiger partial charge is 0.209 e. The Kier molecular flexibility index (Phi) is 7.34. The lowest BCUT2D eigenvalue weighted by atomic mass is 9.44. The molecule has 48 heavy (non-hydrogen) atoms. The number of Topliss-reactive ketones (excluding diaryl/α,β-unsaturated/α-hetero) is 3. The molecule has 0 aliphatic heterocycles. The van der Waals surface area contributed by atoms with Crippen LogP contribution in [0.25, 0.3) is 21.9 Å². The lowest BCUT2D eigenvalue weighted by Gasteiger charge is -2.59. The maximum absolute atomic E-state index is 14.6. The molecule has 3 aromatic carbocycles. The first kappa shape index (κ1) is 32.3. The molecule has 250 valence electrons. The summed E-state index contributed by atoms with van der Waals surface area (Å²) >= 11 is 0. The summed E-state index contributed by atoms with van der Waals surface area (Å²) in [6.07, 6.45) is 6.33. The van der Waals surface area contributed by atoms with Crippen LogP contribution in [0.15, 0.2) is 71.2 Å². The van der Waals surface area contributed by atoms with Gasteiger partial charge in [0.05, 0.1) is 5.56 Å². The molecule has 4 atom stereocenters. The number of rotatable bonds is 5. The van der Waals surface area contributed by atoms with Gasteiger partial charge in [-0.05, 0) is 77.1 Å². The first-order chi connectivity index (χ1) is 22.7. The van der Waals surface area contributed by atoms with Crippen molar-refractivity contribution in [1.29, 1.82) is 0 Å². The molecule has 0 spiro atoms. The van der Waals surface area contributed by atoms with Crippen LogP contribution in [0.4, 0.5) is 0 Å². The van der Waals surface area contributed by atoms with Gasteiger partial charge in [-0.1, -0.05) is 95.8 Å². The van der Waals surface area contributed by atoms with Gasteiger partial charge in [-0.2, -0.15) is 0 Å². The topological polar surface area (TPSA) is 132 Å². The Bertz CT molecular complexity index is 1990. The van der Waals surface area contributed by atoms with Crippen LogP contribution < -0.4 is 0 Å². The third-order valence-electron chi connectivity index (χ3n) is 12.2. The molecule has 0 heterocycles. The number of aliphatic hydroxyl groups is 3. The van der Waals surface area contributed by atoms with Crippen LogP contribution >= 0.6 is 0 Å². The lowest BCUT2D eigenvalue weighted by molar-refractivity contribution is -0.171. The summed E-state index contributed by atoms with van der Waals surface area (Å²) in [7, 11) is 0. The molecule has 4 aliphatic carbocycles. The second-order valence-corrected chi connectivity index (χ2v) is 15.6. The molecular weight excluding hydrogens is 604 g/mol. The Labute approximate surface area is 281 Å². The summed E-state index contributed by atoms with van der Waals surface area (Å²) in [5, 5.41) is 49.2. The van der Waals surface area contributed by atoms with Crippen LogP contribution in [0.5, 0.6) is 5.75 Å². The number of aliphatic hydroxyl groups excluding tert-OH is 2. The fourth-order valence-corrected chi connectivity index (χ4v) is 10.3. The summed E-state index contributed by atoms with van der Waals surface area (Å²) in [5.41, 5.74) is -2.18. The summed E-state index contributed by atoms with van der Waals surface area (Å²) in [5.74, 6) is -4.47. The van der Waals surface area contributed by atoms with E-state index in [9.17, 15) is 34.8 Å². The molecular formula is C41H44O7. The number of phenols is 1. The number of hydrogen-bond acceptors (Lipinski definition) is 7. The number of phenolic OH excluding ortho intramolecular Hbond substituents is 1. The summed E-state index contributed by atoms with van der Waals surface area (Å²) < 4.78 is 0. The fraction of sp³-hybridized carbons (Fsp3) is 0.439. The molecule has 7 rings (SSSR count). The van der Waals surface area contributed by atoms with E-state index in [4.69, 9.17) is 0 Å². The van der Waals surface area contributed by atoms with E-state index in [-0.39, 0.29) is 41.4 Å². The van der Waals surface area contributed by atoms with Gasteiger partial charge >= 0.3 is 0 Å². The maximum Gasteiger partial charge on any atom is 0.209 e. The van der Waals surface area contributed by atoms with Crippen molar-refractivity contribution in [2.45, 2.75) is 85.2 Å². The molecule has 0 aromatic heterocycles. The molecule has 3 aromatic rings.